The highest BCUT2D eigenvalue weighted by atomic mass is 32.1. The van der Waals surface area contributed by atoms with Crippen molar-refractivity contribution in [1.82, 2.24) is 4.98 Å². The van der Waals surface area contributed by atoms with E-state index in [0.717, 1.165) is 25.9 Å². The van der Waals surface area contributed by atoms with Crippen molar-refractivity contribution in [3.8, 4) is 0 Å². The highest BCUT2D eigenvalue weighted by molar-refractivity contribution is 7.11. The van der Waals surface area contributed by atoms with Gasteiger partial charge in [-0.05, 0) is 24.3 Å². The van der Waals surface area contributed by atoms with Crippen molar-refractivity contribution in [2.45, 2.75) is 25.0 Å². The van der Waals surface area contributed by atoms with Crippen LogP contribution >= 0.6 is 11.3 Å². The molecule has 6 rings (SSSR count). The average molecular weight is 500 g/mol. The zero-order chi connectivity index (χ0) is 24.4. The van der Waals surface area contributed by atoms with Crippen LogP contribution in [-0.4, -0.2) is 53.7 Å². The van der Waals surface area contributed by atoms with Gasteiger partial charge in [0.25, 0.3) is 0 Å². The minimum Gasteiger partial charge on any atom is -0.425 e. The lowest BCUT2D eigenvalue weighted by atomic mass is 9.83. The molecule has 3 aliphatic rings. The molecule has 4 heterocycles. The predicted molar refractivity (Wildman–Crippen MR) is 125 cm³/mol. The molecule has 1 atom stereocenters. The number of aromatic nitrogens is 1. The summed E-state index contributed by atoms with van der Waals surface area (Å²) in [6, 6.07) is 11.3. The summed E-state index contributed by atoms with van der Waals surface area (Å²) in [7, 11) is 0. The van der Waals surface area contributed by atoms with Gasteiger partial charge in [0, 0.05) is 41.5 Å². The number of carbonyl (C=O) groups excluding carboxylic acids is 2. The molecule has 3 aliphatic heterocycles. The molecular weight excluding hydrogens is 474 g/mol. The number of ether oxygens (including phenoxy) is 2. The summed E-state index contributed by atoms with van der Waals surface area (Å²) in [6.45, 7) is 2.56. The number of fused-ring (bicyclic) bond motifs is 3. The van der Waals surface area contributed by atoms with Gasteiger partial charge in [-0.25, -0.2) is 18.6 Å². The second-order valence-electron chi connectivity index (χ2n) is 9.24. The first-order chi connectivity index (χ1) is 16.9. The highest BCUT2D eigenvalue weighted by Crippen LogP contribution is 2.37. The molecular formula is C26H25F2N2O4S+. The first kappa shape index (κ1) is 23.6. The molecule has 2 bridgehead atoms. The Morgan fingerprint density at radius 3 is 2.29 bits per heavy atom. The average Bonchev–Trinajstić information content (AvgIpc) is 3.38. The smallest absolute Gasteiger partial charge is 0.425 e. The maximum atomic E-state index is 13.9. The summed E-state index contributed by atoms with van der Waals surface area (Å²) in [5, 5.41) is 2.28. The van der Waals surface area contributed by atoms with Gasteiger partial charge in [-0.3, -0.25) is 4.79 Å². The third kappa shape index (κ3) is 5.26. The summed E-state index contributed by atoms with van der Waals surface area (Å²) >= 11 is 1.33. The lowest BCUT2D eigenvalue weighted by molar-refractivity contribution is -0.938. The van der Waals surface area contributed by atoms with Gasteiger partial charge in [0.1, 0.15) is 24.7 Å². The lowest BCUT2D eigenvalue weighted by Crippen LogP contribution is -2.65. The van der Waals surface area contributed by atoms with Gasteiger partial charge in [0.2, 0.25) is 5.78 Å². The van der Waals surface area contributed by atoms with Crippen molar-refractivity contribution < 1.29 is 32.3 Å². The van der Waals surface area contributed by atoms with Gasteiger partial charge in [0.15, 0.2) is 17.2 Å². The molecule has 0 aliphatic carbocycles. The number of Topliss-reactive ketones (excluding diaryl/α,β-unsaturated/α-hetero) is 1. The van der Waals surface area contributed by atoms with E-state index in [2.05, 4.69) is 4.98 Å². The summed E-state index contributed by atoms with van der Waals surface area (Å²) < 4.78 is 39.8. The van der Waals surface area contributed by atoms with E-state index in [9.17, 15) is 18.4 Å². The number of hydrogen-bond donors (Lipinski definition) is 0. The summed E-state index contributed by atoms with van der Waals surface area (Å²) in [6.07, 6.45) is 1.00. The van der Waals surface area contributed by atoms with Crippen LogP contribution in [0.3, 0.4) is 0 Å². The zero-order valence-corrected chi connectivity index (χ0v) is 19.8. The number of carbonyl (C=O) groups is 2. The van der Waals surface area contributed by atoms with Crippen LogP contribution in [-0.2, 0) is 9.47 Å². The van der Waals surface area contributed by atoms with E-state index in [1.807, 2.05) is 0 Å². The fourth-order valence-electron chi connectivity index (χ4n) is 5.23. The van der Waals surface area contributed by atoms with Crippen LogP contribution < -0.4 is 0 Å². The number of benzene rings is 2. The largest absolute Gasteiger partial charge is 0.509 e. The fourth-order valence-corrected chi connectivity index (χ4v) is 5.79. The molecule has 0 N–H and O–H groups in total. The van der Waals surface area contributed by atoms with Crippen LogP contribution in [0, 0.1) is 17.6 Å². The quantitative estimate of drug-likeness (QED) is 0.255. The fraction of sp³-hybridized carbons (Fsp3) is 0.346. The molecule has 35 heavy (non-hydrogen) atoms. The van der Waals surface area contributed by atoms with Crippen LogP contribution in [0.4, 0.5) is 13.6 Å². The van der Waals surface area contributed by atoms with Crippen molar-refractivity contribution in [2.75, 3.05) is 26.2 Å². The normalized spacial score (nSPS) is 23.3. The molecule has 0 amide bonds. The number of ketones is 1. The van der Waals surface area contributed by atoms with E-state index < -0.39 is 30.0 Å². The molecule has 9 heteroatoms. The molecule has 3 saturated heterocycles. The zero-order valence-electron chi connectivity index (χ0n) is 18.9. The second kappa shape index (κ2) is 9.83. The van der Waals surface area contributed by atoms with Gasteiger partial charge >= 0.3 is 6.16 Å². The monoisotopic (exact) mass is 499 g/mol. The molecule has 182 valence electrons. The van der Waals surface area contributed by atoms with Crippen molar-refractivity contribution in [3.63, 3.8) is 0 Å². The number of hydrogen-bond acceptors (Lipinski definition) is 6. The third-order valence-electron chi connectivity index (χ3n) is 6.96. The number of quaternary nitrogens is 1. The predicted octanol–water partition coefficient (Wildman–Crippen LogP) is 5.16. The van der Waals surface area contributed by atoms with E-state index in [1.54, 1.807) is 23.7 Å². The molecule has 1 aromatic heterocycles. The maximum Gasteiger partial charge on any atom is 0.509 e. The molecule has 0 saturated carbocycles. The lowest BCUT2D eigenvalue weighted by Gasteiger charge is -2.51. The van der Waals surface area contributed by atoms with Crippen molar-refractivity contribution in [3.05, 3.63) is 87.9 Å². The minimum absolute atomic E-state index is 0.000973. The van der Waals surface area contributed by atoms with Crippen molar-refractivity contribution in [2.24, 2.45) is 5.92 Å². The van der Waals surface area contributed by atoms with Crippen LogP contribution in [0.1, 0.15) is 39.9 Å². The standard InChI is InChI=1S/C26H25F2N2O4S/c27-20-5-1-3-18(13-20)24(19-4-2-6-21(28)14-19)34-26(32)33-23-16-30(10-7-17(23)8-11-30)15-22(31)25-29-9-12-35-25/h1-6,9,12-14,17,23-24H,7-8,10-11,15-16H2/q+1. The van der Waals surface area contributed by atoms with Gasteiger partial charge in [-0.15, -0.1) is 11.3 Å². The topological polar surface area (TPSA) is 65.5 Å². The van der Waals surface area contributed by atoms with Gasteiger partial charge in [-0.1, -0.05) is 24.3 Å². The maximum absolute atomic E-state index is 13.9. The van der Waals surface area contributed by atoms with E-state index in [1.165, 1.54) is 47.7 Å². The second-order valence-corrected chi connectivity index (χ2v) is 10.1. The Labute approximate surface area is 205 Å². The van der Waals surface area contributed by atoms with E-state index in [0.29, 0.717) is 33.7 Å². The Balaban J connectivity index is 1.30. The minimum atomic E-state index is -1.02. The SMILES string of the molecule is O=C(OC(c1cccc(F)c1)c1cccc(F)c1)OC1C[N+]2(CC(=O)c3nccs3)CCC1CC2. The number of thiazole rings is 1. The van der Waals surface area contributed by atoms with Crippen molar-refractivity contribution >= 4 is 23.3 Å². The number of piperidine rings is 3. The van der Waals surface area contributed by atoms with Crippen LogP contribution in [0.15, 0.2) is 60.1 Å². The molecule has 3 aromatic rings. The first-order valence-corrected chi connectivity index (χ1v) is 12.4. The van der Waals surface area contributed by atoms with E-state index in [-0.39, 0.29) is 11.7 Å². The van der Waals surface area contributed by atoms with Crippen LogP contribution in [0.5, 0.6) is 0 Å². The molecule has 2 aromatic carbocycles. The summed E-state index contributed by atoms with van der Waals surface area (Å²) in [5.74, 6) is -0.789. The van der Waals surface area contributed by atoms with E-state index >= 15 is 0 Å². The Hall–Kier alpha value is -3.17. The molecule has 1 unspecified atom stereocenters. The number of rotatable bonds is 7. The van der Waals surface area contributed by atoms with E-state index in [4.69, 9.17) is 9.47 Å². The van der Waals surface area contributed by atoms with Crippen LogP contribution in [0.25, 0.3) is 0 Å². The van der Waals surface area contributed by atoms with Gasteiger partial charge in [0.05, 0.1) is 13.1 Å². The number of nitrogens with zero attached hydrogens (tertiary/aromatic N) is 2. The summed E-state index contributed by atoms with van der Waals surface area (Å²) in [5.41, 5.74) is 0.748. The Bertz CT molecular complexity index is 1170. The molecule has 0 radical (unpaired) electrons. The Morgan fingerprint density at radius 1 is 1.06 bits per heavy atom. The molecule has 0 spiro atoms. The number of halogens is 2. The first-order valence-electron chi connectivity index (χ1n) is 11.6. The Morgan fingerprint density at radius 2 is 1.71 bits per heavy atom. The summed E-state index contributed by atoms with van der Waals surface area (Å²) in [4.78, 5) is 29.8. The van der Waals surface area contributed by atoms with Gasteiger partial charge < -0.3 is 14.0 Å². The Kier molecular flexibility index (Phi) is 6.62. The van der Waals surface area contributed by atoms with Gasteiger partial charge in [-0.2, -0.15) is 0 Å². The third-order valence-corrected chi connectivity index (χ3v) is 7.77. The van der Waals surface area contributed by atoms with Crippen LogP contribution in [0.2, 0.25) is 0 Å². The molecule has 3 fully saturated rings. The molecule has 6 nitrogen and oxygen atoms in total. The van der Waals surface area contributed by atoms with Crippen molar-refractivity contribution in [1.29, 1.82) is 0 Å². The highest BCUT2D eigenvalue weighted by Gasteiger charge is 2.49.